The lowest BCUT2D eigenvalue weighted by atomic mass is 10.0. The number of benzene rings is 1. The number of hydrogen-bond acceptors (Lipinski definition) is 5. The lowest BCUT2D eigenvalue weighted by Gasteiger charge is -2.30. The molecule has 0 saturated carbocycles. The third kappa shape index (κ3) is 6.09. The van der Waals surface area contributed by atoms with Gasteiger partial charge >= 0.3 is 0 Å². The number of nitrogens with zero attached hydrogens (tertiary/aromatic N) is 3. The number of likely N-dealkylation sites (N-methyl/N-ethyl adjacent to an activating group) is 1. The van der Waals surface area contributed by atoms with E-state index in [4.69, 9.17) is 22.1 Å². The van der Waals surface area contributed by atoms with Crippen LogP contribution in [-0.4, -0.2) is 47.6 Å². The zero-order chi connectivity index (χ0) is 16.8. The second kappa shape index (κ2) is 11.2. The molecular formula is C16H21Cl3N4O2. The Kier molecular flexibility index (Phi) is 10.6. The lowest BCUT2D eigenvalue weighted by Crippen LogP contribution is -2.46. The molecule has 138 valence electrons. The van der Waals surface area contributed by atoms with E-state index < -0.39 is 12.1 Å². The second-order valence-electron chi connectivity index (χ2n) is 5.10. The van der Waals surface area contributed by atoms with Gasteiger partial charge in [0.25, 0.3) is 0 Å². The monoisotopic (exact) mass is 406 g/mol. The summed E-state index contributed by atoms with van der Waals surface area (Å²) in [5.74, 6) is -0.238. The molecule has 25 heavy (non-hydrogen) atoms. The van der Waals surface area contributed by atoms with Crippen molar-refractivity contribution in [3.8, 4) is 0 Å². The smallest absolute Gasteiger partial charge is 0.242 e. The van der Waals surface area contributed by atoms with Crippen molar-refractivity contribution in [2.45, 2.75) is 12.1 Å². The normalized spacial score (nSPS) is 12.3. The number of halogens is 3. The molecular weight excluding hydrogens is 387 g/mol. The van der Waals surface area contributed by atoms with Crippen molar-refractivity contribution >= 4 is 42.3 Å². The molecule has 2 rings (SSSR count). The van der Waals surface area contributed by atoms with Crippen molar-refractivity contribution in [3.05, 3.63) is 59.1 Å². The van der Waals surface area contributed by atoms with Gasteiger partial charge in [-0.15, -0.1) is 24.8 Å². The lowest BCUT2D eigenvalue weighted by molar-refractivity contribution is -0.134. The second-order valence-corrected chi connectivity index (χ2v) is 5.53. The topological polar surface area (TPSA) is 81.3 Å². The fraction of sp³-hybridized carbons (Fsp3) is 0.312. The fourth-order valence-electron chi connectivity index (χ4n) is 2.33. The predicted molar refractivity (Wildman–Crippen MR) is 102 cm³/mol. The minimum Gasteiger partial charge on any atom is -0.383 e. The molecule has 0 aliphatic rings. The van der Waals surface area contributed by atoms with Crippen molar-refractivity contribution in [2.24, 2.45) is 5.73 Å². The average molecular weight is 408 g/mol. The summed E-state index contributed by atoms with van der Waals surface area (Å²) in [6.07, 6.45) is 4.80. The maximum Gasteiger partial charge on any atom is 0.242 e. The predicted octanol–water partition coefficient (Wildman–Crippen LogP) is 2.50. The molecule has 6 nitrogen and oxygen atoms in total. The van der Waals surface area contributed by atoms with Gasteiger partial charge in [0.05, 0.1) is 18.5 Å². The van der Waals surface area contributed by atoms with Crippen LogP contribution in [0.4, 0.5) is 0 Å². The van der Waals surface area contributed by atoms with Crippen molar-refractivity contribution in [1.82, 2.24) is 14.9 Å². The Balaban J connectivity index is 0.00000288. The van der Waals surface area contributed by atoms with Crippen LogP contribution in [-0.2, 0) is 9.53 Å². The number of amides is 1. The molecule has 2 atom stereocenters. The number of carbonyl (C=O) groups is 1. The SMILES string of the molecule is COCC(N)C(=O)N(C)C(c1ccc(Cl)cc1)c1cnccn1.Cl.Cl. The van der Waals surface area contributed by atoms with Crippen LogP contribution in [0.25, 0.3) is 0 Å². The highest BCUT2D eigenvalue weighted by molar-refractivity contribution is 6.30. The molecule has 0 fully saturated rings. The molecule has 2 unspecified atom stereocenters. The highest BCUT2D eigenvalue weighted by atomic mass is 35.5. The Morgan fingerprint density at radius 1 is 1.28 bits per heavy atom. The fourth-order valence-corrected chi connectivity index (χ4v) is 2.46. The molecule has 1 aromatic heterocycles. The van der Waals surface area contributed by atoms with Crippen molar-refractivity contribution in [3.63, 3.8) is 0 Å². The molecule has 0 saturated heterocycles. The summed E-state index contributed by atoms with van der Waals surface area (Å²) in [5, 5.41) is 0.622. The van der Waals surface area contributed by atoms with Crippen molar-refractivity contribution < 1.29 is 9.53 Å². The van der Waals surface area contributed by atoms with Gasteiger partial charge in [0.15, 0.2) is 0 Å². The molecule has 1 aromatic carbocycles. The average Bonchev–Trinajstić information content (AvgIpc) is 2.57. The third-order valence-corrected chi connectivity index (χ3v) is 3.70. The van der Waals surface area contributed by atoms with Crippen molar-refractivity contribution in [1.29, 1.82) is 0 Å². The maximum absolute atomic E-state index is 12.5. The van der Waals surface area contributed by atoms with Crippen LogP contribution in [0.1, 0.15) is 17.3 Å². The zero-order valence-electron chi connectivity index (χ0n) is 13.8. The van der Waals surface area contributed by atoms with E-state index in [1.165, 1.54) is 7.11 Å². The number of methoxy groups -OCH3 is 1. The summed E-state index contributed by atoms with van der Waals surface area (Å²) < 4.78 is 4.96. The Hall–Kier alpha value is -1.44. The summed E-state index contributed by atoms with van der Waals surface area (Å²) in [7, 11) is 3.19. The third-order valence-electron chi connectivity index (χ3n) is 3.45. The molecule has 0 spiro atoms. The number of hydrogen-bond donors (Lipinski definition) is 1. The molecule has 0 aliphatic carbocycles. The standard InChI is InChI=1S/C16H19ClN4O2.2ClH/c1-21(16(22)13(18)10-23-2)15(14-9-19-7-8-20-14)11-3-5-12(17)6-4-11;;/h3-9,13,15H,10,18H2,1-2H3;2*1H. The van der Waals surface area contributed by atoms with E-state index in [-0.39, 0.29) is 37.3 Å². The van der Waals surface area contributed by atoms with E-state index in [0.717, 1.165) is 5.56 Å². The summed E-state index contributed by atoms with van der Waals surface area (Å²) in [4.78, 5) is 22.5. The van der Waals surface area contributed by atoms with Gasteiger partial charge in [0.1, 0.15) is 12.1 Å². The van der Waals surface area contributed by atoms with Crippen LogP contribution < -0.4 is 5.73 Å². The Labute approximate surface area is 164 Å². The molecule has 1 heterocycles. The van der Waals surface area contributed by atoms with E-state index in [9.17, 15) is 4.79 Å². The molecule has 0 radical (unpaired) electrons. The van der Waals surface area contributed by atoms with E-state index in [0.29, 0.717) is 10.7 Å². The zero-order valence-corrected chi connectivity index (χ0v) is 16.2. The summed E-state index contributed by atoms with van der Waals surface area (Å²) >= 11 is 5.95. The molecule has 2 N–H and O–H groups in total. The Bertz CT molecular complexity index is 644. The number of rotatable bonds is 6. The number of ether oxygens (including phenoxy) is 1. The molecule has 1 amide bonds. The number of aromatic nitrogens is 2. The van der Waals surface area contributed by atoms with Crippen LogP contribution in [0.15, 0.2) is 42.9 Å². The quantitative estimate of drug-likeness (QED) is 0.795. The van der Waals surface area contributed by atoms with Gasteiger partial charge < -0.3 is 15.4 Å². The van der Waals surface area contributed by atoms with Gasteiger partial charge in [-0.05, 0) is 17.7 Å². The van der Waals surface area contributed by atoms with E-state index in [2.05, 4.69) is 9.97 Å². The molecule has 0 aliphatic heterocycles. The van der Waals surface area contributed by atoms with Crippen LogP contribution in [0.5, 0.6) is 0 Å². The first-order valence-corrected chi connectivity index (χ1v) is 7.45. The molecule has 9 heteroatoms. The van der Waals surface area contributed by atoms with Gasteiger partial charge in [-0.3, -0.25) is 14.8 Å². The first kappa shape index (κ1) is 23.6. The summed E-state index contributed by atoms with van der Waals surface area (Å²) in [5.41, 5.74) is 7.39. The molecule has 0 bridgehead atoms. The maximum atomic E-state index is 12.5. The van der Waals surface area contributed by atoms with Gasteiger partial charge in [-0.25, -0.2) is 0 Å². The van der Waals surface area contributed by atoms with E-state index in [1.54, 1.807) is 42.7 Å². The van der Waals surface area contributed by atoms with Crippen molar-refractivity contribution in [2.75, 3.05) is 20.8 Å². The van der Waals surface area contributed by atoms with E-state index in [1.807, 2.05) is 12.1 Å². The Morgan fingerprint density at radius 2 is 1.92 bits per heavy atom. The largest absolute Gasteiger partial charge is 0.383 e. The summed E-state index contributed by atoms with van der Waals surface area (Å²) in [6, 6.07) is 6.11. The highest BCUT2D eigenvalue weighted by Gasteiger charge is 2.28. The minimum absolute atomic E-state index is 0. The Morgan fingerprint density at radius 3 is 2.44 bits per heavy atom. The van der Waals surface area contributed by atoms with Gasteiger partial charge in [-0.2, -0.15) is 0 Å². The van der Waals surface area contributed by atoms with Crippen LogP contribution in [0.3, 0.4) is 0 Å². The first-order chi connectivity index (χ1) is 11.0. The van der Waals surface area contributed by atoms with Gasteiger partial charge in [0.2, 0.25) is 5.91 Å². The van der Waals surface area contributed by atoms with Crippen LogP contribution in [0.2, 0.25) is 5.02 Å². The number of nitrogens with two attached hydrogens (primary N) is 1. The minimum atomic E-state index is -0.739. The van der Waals surface area contributed by atoms with Crippen LogP contribution in [0, 0.1) is 0 Å². The summed E-state index contributed by atoms with van der Waals surface area (Å²) in [6.45, 7) is 0.150. The van der Waals surface area contributed by atoms with Gasteiger partial charge in [-0.1, -0.05) is 23.7 Å². The number of carbonyl (C=O) groups excluding carboxylic acids is 1. The first-order valence-electron chi connectivity index (χ1n) is 7.07. The van der Waals surface area contributed by atoms with Gasteiger partial charge in [0, 0.05) is 31.6 Å². The van der Waals surface area contributed by atoms with E-state index >= 15 is 0 Å². The highest BCUT2D eigenvalue weighted by Crippen LogP contribution is 2.27. The molecule has 2 aromatic rings. The van der Waals surface area contributed by atoms with Crippen LogP contribution >= 0.6 is 36.4 Å².